The molecule has 0 radical (unpaired) electrons. The molecule has 0 amide bonds. The third-order valence-electron chi connectivity index (χ3n) is 12.9. The number of rotatable bonds is 6. The Kier molecular flexibility index (Phi) is 8.74. The van der Waals surface area contributed by atoms with E-state index in [1.807, 2.05) is 73.6 Å². The molecule has 6 aromatic heterocycles. The van der Waals surface area contributed by atoms with E-state index in [9.17, 15) is 0 Å². The number of hydrogen-bond donors (Lipinski definition) is 0. The third-order valence-corrected chi connectivity index (χ3v) is 12.9. The number of benzene rings is 7. The maximum atomic E-state index is 4.76. The molecule has 0 saturated carbocycles. The van der Waals surface area contributed by atoms with Gasteiger partial charge in [0.25, 0.3) is 0 Å². The van der Waals surface area contributed by atoms with Crippen molar-refractivity contribution in [3.8, 4) is 66.8 Å². The van der Waals surface area contributed by atoms with Gasteiger partial charge >= 0.3 is 0 Å². The summed E-state index contributed by atoms with van der Waals surface area (Å²) >= 11 is 0. The second kappa shape index (κ2) is 15.4. The van der Waals surface area contributed by atoms with Gasteiger partial charge in [0.15, 0.2) is 0 Å². The van der Waals surface area contributed by atoms with Gasteiger partial charge in [-0.05, 0) is 140 Å². The molecule has 0 atom stereocenters. The summed E-state index contributed by atoms with van der Waals surface area (Å²) in [5, 5.41) is 6.47. The van der Waals surface area contributed by atoms with Crippen LogP contribution < -0.4 is 0 Å². The molecule has 0 N–H and O–H groups in total. The molecule has 0 aliphatic heterocycles. The van der Waals surface area contributed by atoms with Crippen molar-refractivity contribution in [1.29, 1.82) is 0 Å². The summed E-state index contributed by atoms with van der Waals surface area (Å²) in [5.74, 6) is 0. The van der Waals surface area contributed by atoms with Gasteiger partial charge in [0.05, 0.1) is 33.1 Å². The van der Waals surface area contributed by atoms with Crippen LogP contribution in [0.2, 0.25) is 0 Å². The van der Waals surface area contributed by atoms with Crippen molar-refractivity contribution in [2.45, 2.75) is 0 Å². The van der Waals surface area contributed by atoms with Crippen LogP contribution in [-0.2, 0) is 0 Å². The van der Waals surface area contributed by atoms with Gasteiger partial charge in [0.1, 0.15) is 0 Å². The highest BCUT2D eigenvalue weighted by Gasteiger charge is 2.15. The summed E-state index contributed by atoms with van der Waals surface area (Å²) in [4.78, 5) is 28.3. The number of fused-ring (bicyclic) bond motifs is 9. The summed E-state index contributed by atoms with van der Waals surface area (Å²) in [7, 11) is 0. The van der Waals surface area contributed by atoms with Crippen molar-refractivity contribution in [3.63, 3.8) is 0 Å². The number of nitrogens with zero attached hydrogens (tertiary/aromatic N) is 6. The van der Waals surface area contributed by atoms with E-state index in [1.165, 1.54) is 0 Å². The predicted octanol–water partition coefficient (Wildman–Crippen LogP) is 15.0. The minimum atomic E-state index is 0.911. The lowest BCUT2D eigenvalue weighted by molar-refractivity contribution is 1.37. The van der Waals surface area contributed by atoms with Gasteiger partial charge in [-0.15, -0.1) is 0 Å². The molecule has 0 bridgehead atoms. The highest BCUT2D eigenvalue weighted by atomic mass is 14.7. The first-order valence-electron chi connectivity index (χ1n) is 22.1. The fourth-order valence-corrected chi connectivity index (χ4v) is 9.70. The normalized spacial score (nSPS) is 11.6. The molecule has 6 heterocycles. The van der Waals surface area contributed by atoms with E-state index >= 15 is 0 Å². The van der Waals surface area contributed by atoms with E-state index in [1.54, 1.807) is 0 Å². The van der Waals surface area contributed by atoms with Crippen LogP contribution in [0, 0.1) is 0 Å². The van der Waals surface area contributed by atoms with Gasteiger partial charge in [-0.3, -0.25) is 29.9 Å². The zero-order chi connectivity index (χ0) is 43.6. The molecule has 6 heteroatoms. The maximum Gasteiger partial charge on any atom is 0.0970 e. The first kappa shape index (κ1) is 37.5. The van der Waals surface area contributed by atoms with Crippen molar-refractivity contribution in [2.75, 3.05) is 0 Å². The molecule has 0 unspecified atom stereocenters. The van der Waals surface area contributed by atoms with Gasteiger partial charge in [-0.25, -0.2) is 0 Å². The summed E-state index contributed by atoms with van der Waals surface area (Å²) in [6, 6.07) is 65.1. The lowest BCUT2D eigenvalue weighted by Crippen LogP contribution is -1.90. The Morgan fingerprint density at radius 1 is 0.197 bits per heavy atom. The molecule has 66 heavy (non-hydrogen) atoms. The minimum absolute atomic E-state index is 0.911. The molecule has 0 spiro atoms. The number of pyridine rings is 6. The minimum Gasteiger partial charge on any atom is -0.254 e. The van der Waals surface area contributed by atoms with E-state index < -0.39 is 0 Å². The Bertz CT molecular complexity index is 3600. The summed E-state index contributed by atoms with van der Waals surface area (Å²) in [6.07, 6.45) is 11.0. The molecule has 0 aliphatic rings. The van der Waals surface area contributed by atoms with Crippen molar-refractivity contribution < 1.29 is 0 Å². The SMILES string of the molecule is c1cnc2c(c1)cc(-c1ccc(-c3cc(-c4ccc(-c5cc6cccnc6c6ncccc56)cc4)cc(-c4ccc(-c5cc6cccnc6c6ncccc56)cc4)c3)cc1)c1cccnc12. The van der Waals surface area contributed by atoms with Crippen LogP contribution in [0.4, 0.5) is 0 Å². The lowest BCUT2D eigenvalue weighted by atomic mass is 9.90. The summed E-state index contributed by atoms with van der Waals surface area (Å²) < 4.78 is 0. The zero-order valence-electron chi connectivity index (χ0n) is 35.5. The average Bonchev–Trinajstić information content (AvgIpc) is 3.40. The van der Waals surface area contributed by atoms with E-state index in [-0.39, 0.29) is 0 Å². The van der Waals surface area contributed by atoms with E-state index in [4.69, 9.17) is 15.0 Å². The smallest absolute Gasteiger partial charge is 0.0970 e. The number of aromatic nitrogens is 6. The van der Waals surface area contributed by atoms with Gasteiger partial charge < -0.3 is 0 Å². The summed E-state index contributed by atoms with van der Waals surface area (Å²) in [5.41, 5.74) is 19.1. The van der Waals surface area contributed by atoms with E-state index in [0.717, 1.165) is 132 Å². The van der Waals surface area contributed by atoms with Crippen LogP contribution in [0.1, 0.15) is 0 Å². The third kappa shape index (κ3) is 6.34. The van der Waals surface area contributed by atoms with E-state index in [2.05, 4.69) is 161 Å². The molecule has 306 valence electrons. The molecular weight excluding hydrogens is 805 g/mol. The Morgan fingerprint density at radius 3 is 0.727 bits per heavy atom. The Morgan fingerprint density at radius 2 is 0.439 bits per heavy atom. The van der Waals surface area contributed by atoms with Crippen molar-refractivity contribution in [3.05, 3.63) is 219 Å². The van der Waals surface area contributed by atoms with Crippen LogP contribution in [0.5, 0.6) is 0 Å². The predicted molar refractivity (Wildman–Crippen MR) is 271 cm³/mol. The lowest BCUT2D eigenvalue weighted by Gasteiger charge is -2.14. The Hall–Kier alpha value is -9.00. The Balaban J connectivity index is 0.922. The van der Waals surface area contributed by atoms with Crippen LogP contribution >= 0.6 is 0 Å². The average molecular weight is 841 g/mol. The molecule has 13 aromatic rings. The highest BCUT2D eigenvalue weighted by molar-refractivity contribution is 6.12. The quantitative estimate of drug-likeness (QED) is 0.155. The maximum absolute atomic E-state index is 4.76. The molecule has 7 aromatic carbocycles. The van der Waals surface area contributed by atoms with Gasteiger partial charge in [-0.1, -0.05) is 109 Å². The van der Waals surface area contributed by atoms with Crippen molar-refractivity contribution in [2.24, 2.45) is 0 Å². The standard InChI is InChI=1S/C60H36N6/c1-7-43-34-52(49-10-4-28-64-58(49)55(43)61-25-1)40-19-13-37(14-20-40)46-31-47(38-15-21-41(22-16-38)53-35-44-8-2-26-62-56(44)59-50(53)11-5-29-65-59)33-48(32-46)39-17-23-42(24-18-39)54-36-45-9-3-27-63-57(45)60-51(54)12-6-30-66-60/h1-36H. The molecule has 0 saturated heterocycles. The largest absolute Gasteiger partial charge is 0.254 e. The molecule has 6 nitrogen and oxygen atoms in total. The molecule has 0 aliphatic carbocycles. The fourth-order valence-electron chi connectivity index (χ4n) is 9.70. The van der Waals surface area contributed by atoms with Gasteiger partial charge in [-0.2, -0.15) is 0 Å². The van der Waals surface area contributed by atoms with E-state index in [0.29, 0.717) is 0 Å². The van der Waals surface area contributed by atoms with Gasteiger partial charge in [0.2, 0.25) is 0 Å². The first-order chi connectivity index (χ1) is 32.7. The van der Waals surface area contributed by atoms with Crippen LogP contribution in [-0.4, -0.2) is 29.9 Å². The monoisotopic (exact) mass is 840 g/mol. The van der Waals surface area contributed by atoms with Crippen LogP contribution in [0.15, 0.2) is 219 Å². The zero-order valence-corrected chi connectivity index (χ0v) is 35.5. The molecule has 0 fully saturated rings. The van der Waals surface area contributed by atoms with Crippen molar-refractivity contribution >= 4 is 65.4 Å². The van der Waals surface area contributed by atoms with Gasteiger partial charge in [0, 0.05) is 69.5 Å². The molecule has 13 rings (SSSR count). The molecular formula is C60H36N6. The van der Waals surface area contributed by atoms with Crippen LogP contribution in [0.25, 0.3) is 132 Å². The Labute approximate surface area is 379 Å². The van der Waals surface area contributed by atoms with Crippen LogP contribution in [0.3, 0.4) is 0 Å². The number of hydrogen-bond acceptors (Lipinski definition) is 6. The second-order valence-corrected chi connectivity index (χ2v) is 16.7. The van der Waals surface area contributed by atoms with Crippen molar-refractivity contribution in [1.82, 2.24) is 29.9 Å². The highest BCUT2D eigenvalue weighted by Crippen LogP contribution is 2.40. The first-order valence-corrected chi connectivity index (χ1v) is 22.1. The second-order valence-electron chi connectivity index (χ2n) is 16.7. The topological polar surface area (TPSA) is 77.3 Å². The fraction of sp³-hybridized carbons (Fsp3) is 0. The summed E-state index contributed by atoms with van der Waals surface area (Å²) in [6.45, 7) is 0.